The Kier molecular flexibility index (Phi) is 7.21. The quantitative estimate of drug-likeness (QED) is 0.196. The largest absolute Gasteiger partial charge is 0.497 e. The van der Waals surface area contributed by atoms with Crippen molar-refractivity contribution in [2.75, 3.05) is 23.7 Å². The standard InChI is InChI=1S/C28H23Br2N3O4S/c1-37-23-4-2-3-21(15-23)33(38(35,36)24-9-7-20(31)8-10-24)17-22(34)16-32-27-11-5-18(29)13-25(27)26-14-19(30)6-12-28(26)32/h2-15H,16-17,31H2,1H3. The first kappa shape index (κ1) is 26.3. The molecule has 0 bridgehead atoms. The lowest BCUT2D eigenvalue weighted by molar-refractivity contribution is -0.118. The summed E-state index contributed by atoms with van der Waals surface area (Å²) in [6.45, 7) is -0.380. The Morgan fingerprint density at radius 3 is 2.08 bits per heavy atom. The van der Waals surface area contributed by atoms with Crippen molar-refractivity contribution in [2.24, 2.45) is 0 Å². The third-order valence-corrected chi connectivity index (χ3v) is 9.03. The van der Waals surface area contributed by atoms with Crippen LogP contribution in [0.25, 0.3) is 21.8 Å². The number of hydrogen-bond donors (Lipinski definition) is 1. The maximum absolute atomic E-state index is 13.8. The average molecular weight is 657 g/mol. The number of ether oxygens (including phenoxy) is 1. The first-order valence-electron chi connectivity index (χ1n) is 11.6. The molecule has 0 atom stereocenters. The van der Waals surface area contributed by atoms with Crippen molar-refractivity contribution >= 4 is 80.8 Å². The first-order chi connectivity index (χ1) is 18.2. The molecule has 0 aliphatic carbocycles. The van der Waals surface area contributed by atoms with E-state index in [9.17, 15) is 13.2 Å². The molecule has 0 aliphatic heterocycles. The molecule has 5 aromatic rings. The van der Waals surface area contributed by atoms with E-state index >= 15 is 0 Å². The lowest BCUT2D eigenvalue weighted by Crippen LogP contribution is -2.37. The van der Waals surface area contributed by atoms with E-state index in [0.717, 1.165) is 35.1 Å². The second-order valence-electron chi connectivity index (χ2n) is 8.73. The molecule has 194 valence electrons. The molecule has 1 heterocycles. The molecule has 4 aromatic carbocycles. The molecule has 0 amide bonds. The molecule has 0 unspecified atom stereocenters. The first-order valence-corrected chi connectivity index (χ1v) is 14.6. The van der Waals surface area contributed by atoms with Crippen molar-refractivity contribution in [1.82, 2.24) is 4.57 Å². The van der Waals surface area contributed by atoms with E-state index < -0.39 is 10.0 Å². The van der Waals surface area contributed by atoms with Crippen LogP contribution in [0.4, 0.5) is 11.4 Å². The summed E-state index contributed by atoms with van der Waals surface area (Å²) < 4.78 is 37.7. The number of sulfonamides is 1. The molecule has 5 rings (SSSR count). The summed E-state index contributed by atoms with van der Waals surface area (Å²) in [5.74, 6) is 0.197. The molecule has 0 saturated carbocycles. The highest BCUT2D eigenvalue weighted by molar-refractivity contribution is 9.10. The van der Waals surface area contributed by atoms with Gasteiger partial charge < -0.3 is 15.0 Å². The normalized spacial score (nSPS) is 11.7. The fourth-order valence-corrected chi connectivity index (χ4v) is 6.61. The fraction of sp³-hybridized carbons (Fsp3) is 0.107. The maximum Gasteiger partial charge on any atom is 0.264 e. The zero-order valence-electron chi connectivity index (χ0n) is 20.3. The van der Waals surface area contributed by atoms with Crippen molar-refractivity contribution in [1.29, 1.82) is 0 Å². The van der Waals surface area contributed by atoms with Crippen molar-refractivity contribution in [3.8, 4) is 5.75 Å². The number of rotatable bonds is 8. The van der Waals surface area contributed by atoms with Crippen molar-refractivity contribution in [3.05, 3.63) is 93.9 Å². The lowest BCUT2D eigenvalue weighted by Gasteiger charge is -2.24. The van der Waals surface area contributed by atoms with Gasteiger partial charge in [0.25, 0.3) is 10.0 Å². The smallest absolute Gasteiger partial charge is 0.264 e. The van der Waals surface area contributed by atoms with Crippen LogP contribution in [0, 0.1) is 0 Å². The average Bonchev–Trinajstić information content (AvgIpc) is 3.19. The third-order valence-electron chi connectivity index (χ3n) is 6.25. The van der Waals surface area contributed by atoms with Gasteiger partial charge in [-0.2, -0.15) is 0 Å². The molecule has 1 aromatic heterocycles. The van der Waals surface area contributed by atoms with E-state index in [4.69, 9.17) is 10.5 Å². The lowest BCUT2D eigenvalue weighted by atomic mass is 10.2. The Hall–Kier alpha value is -3.34. The van der Waals surface area contributed by atoms with Crippen LogP contribution in [-0.2, 0) is 21.4 Å². The maximum atomic E-state index is 13.8. The summed E-state index contributed by atoms with van der Waals surface area (Å²) in [6.07, 6.45) is 0. The van der Waals surface area contributed by atoms with Crippen LogP contribution in [-0.4, -0.2) is 32.4 Å². The number of ketones is 1. The molecule has 0 fully saturated rings. The molecule has 2 N–H and O–H groups in total. The molecule has 38 heavy (non-hydrogen) atoms. The number of Topliss-reactive ketones (excluding diaryl/α,β-unsaturated/α-hetero) is 1. The summed E-state index contributed by atoms with van der Waals surface area (Å²) >= 11 is 7.07. The van der Waals surface area contributed by atoms with E-state index in [2.05, 4.69) is 31.9 Å². The van der Waals surface area contributed by atoms with E-state index in [1.165, 1.54) is 31.4 Å². The van der Waals surface area contributed by atoms with Crippen LogP contribution in [0.15, 0.2) is 98.8 Å². The molecule has 7 nitrogen and oxygen atoms in total. The number of halogens is 2. The van der Waals surface area contributed by atoms with Crippen molar-refractivity contribution in [3.63, 3.8) is 0 Å². The molecule has 10 heteroatoms. The van der Waals surface area contributed by atoms with Gasteiger partial charge in [0.15, 0.2) is 5.78 Å². The summed E-state index contributed by atoms with van der Waals surface area (Å²) in [5.41, 5.74) is 8.30. The fourth-order valence-electron chi connectivity index (χ4n) is 4.45. The Labute approximate surface area is 237 Å². The second kappa shape index (κ2) is 10.4. The topological polar surface area (TPSA) is 94.6 Å². The number of carbonyl (C=O) groups excluding carboxylic acids is 1. The summed E-state index contributed by atoms with van der Waals surface area (Å²) in [7, 11) is -2.58. The second-order valence-corrected chi connectivity index (χ2v) is 12.4. The monoisotopic (exact) mass is 655 g/mol. The van der Waals surface area contributed by atoms with Crippen LogP contribution in [0.3, 0.4) is 0 Å². The number of carbonyl (C=O) groups is 1. The number of fused-ring (bicyclic) bond motifs is 3. The SMILES string of the molecule is COc1cccc(N(CC(=O)Cn2c3ccc(Br)cc3c3cc(Br)ccc32)S(=O)(=O)c2ccc(N)cc2)c1. The highest BCUT2D eigenvalue weighted by Crippen LogP contribution is 2.33. The number of methoxy groups -OCH3 is 1. The Balaban J connectivity index is 1.56. The van der Waals surface area contributed by atoms with Gasteiger partial charge in [0.05, 0.1) is 30.8 Å². The van der Waals surface area contributed by atoms with Crippen LogP contribution in [0.1, 0.15) is 0 Å². The number of aromatic nitrogens is 1. The number of anilines is 2. The Morgan fingerprint density at radius 1 is 0.895 bits per heavy atom. The van der Waals surface area contributed by atoms with Crippen molar-refractivity contribution in [2.45, 2.75) is 11.4 Å². The summed E-state index contributed by atoms with van der Waals surface area (Å²) in [5, 5.41) is 1.98. The van der Waals surface area contributed by atoms with E-state index in [-0.39, 0.29) is 23.8 Å². The number of nitrogen functional groups attached to an aromatic ring is 1. The molecular formula is C28H23Br2N3O4S. The number of hydrogen-bond acceptors (Lipinski definition) is 5. The highest BCUT2D eigenvalue weighted by Gasteiger charge is 2.28. The summed E-state index contributed by atoms with van der Waals surface area (Å²) in [4.78, 5) is 13.6. The molecular weight excluding hydrogens is 634 g/mol. The van der Waals surface area contributed by atoms with E-state index in [1.54, 1.807) is 24.3 Å². The van der Waals surface area contributed by atoms with Gasteiger partial charge in [-0.05, 0) is 72.8 Å². The van der Waals surface area contributed by atoms with Gasteiger partial charge in [-0.3, -0.25) is 9.10 Å². The predicted molar refractivity (Wildman–Crippen MR) is 158 cm³/mol. The molecule has 0 saturated heterocycles. The van der Waals surface area contributed by atoms with Gasteiger partial charge in [0, 0.05) is 42.5 Å². The summed E-state index contributed by atoms with van der Waals surface area (Å²) in [6, 6.07) is 24.3. The minimum Gasteiger partial charge on any atom is -0.497 e. The van der Waals surface area contributed by atoms with Gasteiger partial charge >= 0.3 is 0 Å². The van der Waals surface area contributed by atoms with Gasteiger partial charge in [-0.15, -0.1) is 0 Å². The number of nitrogens with two attached hydrogens (primary N) is 1. The zero-order valence-corrected chi connectivity index (χ0v) is 24.3. The molecule has 0 aliphatic rings. The van der Waals surface area contributed by atoms with Gasteiger partial charge in [-0.1, -0.05) is 37.9 Å². The van der Waals surface area contributed by atoms with Crippen molar-refractivity contribution < 1.29 is 17.9 Å². The zero-order chi connectivity index (χ0) is 27.0. The van der Waals surface area contributed by atoms with Crippen LogP contribution in [0.2, 0.25) is 0 Å². The number of nitrogens with zero attached hydrogens (tertiary/aromatic N) is 2. The van der Waals surface area contributed by atoms with E-state index in [1.807, 2.05) is 41.0 Å². The highest BCUT2D eigenvalue weighted by atomic mass is 79.9. The molecule has 0 radical (unpaired) electrons. The molecule has 0 spiro atoms. The van der Waals surface area contributed by atoms with Gasteiger partial charge in [-0.25, -0.2) is 8.42 Å². The van der Waals surface area contributed by atoms with Crippen LogP contribution < -0.4 is 14.8 Å². The minimum absolute atomic E-state index is 0.0129. The minimum atomic E-state index is -4.09. The number of benzene rings is 4. The van der Waals surface area contributed by atoms with Crippen LogP contribution in [0.5, 0.6) is 5.75 Å². The van der Waals surface area contributed by atoms with Gasteiger partial charge in [0.2, 0.25) is 0 Å². The Morgan fingerprint density at radius 2 is 1.50 bits per heavy atom. The van der Waals surface area contributed by atoms with Crippen LogP contribution >= 0.6 is 31.9 Å². The van der Waals surface area contributed by atoms with E-state index in [0.29, 0.717) is 17.1 Å². The third kappa shape index (κ3) is 5.03. The predicted octanol–water partition coefficient (Wildman–Crippen LogP) is 6.37. The Bertz CT molecular complexity index is 1720. The van der Waals surface area contributed by atoms with Gasteiger partial charge in [0.1, 0.15) is 5.75 Å².